The lowest BCUT2D eigenvalue weighted by Gasteiger charge is -2.33. The van der Waals surface area contributed by atoms with Crippen molar-refractivity contribution in [3.05, 3.63) is 0 Å². The van der Waals surface area contributed by atoms with Gasteiger partial charge in [-0.25, -0.2) is 0 Å². The molecule has 2 fully saturated rings. The molecule has 14 heavy (non-hydrogen) atoms. The van der Waals surface area contributed by atoms with Gasteiger partial charge in [0.1, 0.15) is 5.78 Å². The molecule has 80 valence electrons. The van der Waals surface area contributed by atoms with Crippen molar-refractivity contribution in [3.63, 3.8) is 0 Å². The lowest BCUT2D eigenvalue weighted by atomic mass is 9.88. The quantitative estimate of drug-likeness (QED) is 0.745. The molecule has 0 aromatic rings. The van der Waals surface area contributed by atoms with Crippen molar-refractivity contribution in [2.75, 3.05) is 0 Å². The van der Waals surface area contributed by atoms with Crippen LogP contribution in [0, 0.1) is 5.92 Å². The van der Waals surface area contributed by atoms with E-state index in [1.165, 1.54) is 44.9 Å². The summed E-state index contributed by atoms with van der Waals surface area (Å²) in [6.45, 7) is 1.74. The van der Waals surface area contributed by atoms with Crippen LogP contribution in [0.2, 0.25) is 0 Å². The molecule has 2 heteroatoms. The highest BCUT2D eigenvalue weighted by molar-refractivity contribution is 5.81. The minimum absolute atomic E-state index is 0.169. The number of Topliss-reactive ketones (excluding diaryl/α,β-unsaturated/α-hetero) is 1. The first-order chi connectivity index (χ1) is 6.77. The third-order valence-electron chi connectivity index (χ3n) is 3.83. The second kappa shape index (κ2) is 4.43. The van der Waals surface area contributed by atoms with Crippen LogP contribution in [0.25, 0.3) is 0 Å². The van der Waals surface area contributed by atoms with Gasteiger partial charge in [-0.3, -0.25) is 4.79 Å². The van der Waals surface area contributed by atoms with Crippen LogP contribution in [0.15, 0.2) is 0 Å². The van der Waals surface area contributed by atoms with Crippen LogP contribution in [0.5, 0.6) is 0 Å². The second-order valence-electron chi connectivity index (χ2n) is 4.93. The van der Waals surface area contributed by atoms with Crippen molar-refractivity contribution < 1.29 is 4.79 Å². The third-order valence-corrected chi connectivity index (χ3v) is 3.83. The minimum Gasteiger partial charge on any atom is -0.304 e. The topological polar surface area (TPSA) is 29.1 Å². The van der Waals surface area contributed by atoms with E-state index in [9.17, 15) is 4.79 Å². The summed E-state index contributed by atoms with van der Waals surface area (Å²) in [7, 11) is 0. The fraction of sp³-hybridized carbons (Fsp3) is 0.917. The summed E-state index contributed by atoms with van der Waals surface area (Å²) in [6, 6.07) is 0.812. The summed E-state index contributed by atoms with van der Waals surface area (Å²) < 4.78 is 0. The lowest BCUT2D eigenvalue weighted by molar-refractivity contribution is -0.120. The Kier molecular flexibility index (Phi) is 3.22. The van der Waals surface area contributed by atoms with Gasteiger partial charge in [-0.05, 0) is 38.5 Å². The zero-order chi connectivity index (χ0) is 9.97. The van der Waals surface area contributed by atoms with E-state index >= 15 is 0 Å². The van der Waals surface area contributed by atoms with Gasteiger partial charge in [-0.2, -0.15) is 0 Å². The van der Waals surface area contributed by atoms with Gasteiger partial charge in [0.2, 0.25) is 0 Å². The van der Waals surface area contributed by atoms with Crippen LogP contribution in [0.1, 0.15) is 51.9 Å². The van der Waals surface area contributed by atoms with E-state index in [1.54, 1.807) is 6.92 Å². The zero-order valence-corrected chi connectivity index (χ0v) is 9.09. The maximum absolute atomic E-state index is 11.5. The molecule has 0 heterocycles. The Labute approximate surface area is 86.5 Å². The highest BCUT2D eigenvalue weighted by Gasteiger charge is 2.31. The van der Waals surface area contributed by atoms with Crippen molar-refractivity contribution in [2.45, 2.75) is 64.0 Å². The normalized spacial score (nSPS) is 26.1. The van der Waals surface area contributed by atoms with E-state index in [0.29, 0.717) is 17.7 Å². The molecule has 2 rings (SSSR count). The number of carbonyl (C=O) groups is 1. The van der Waals surface area contributed by atoms with E-state index in [2.05, 4.69) is 5.32 Å². The number of hydrogen-bond donors (Lipinski definition) is 1. The van der Waals surface area contributed by atoms with Gasteiger partial charge in [0.05, 0.1) is 6.04 Å². The molecule has 0 spiro atoms. The summed E-state index contributed by atoms with van der Waals surface area (Å²) in [5, 5.41) is 3.55. The van der Waals surface area contributed by atoms with E-state index in [4.69, 9.17) is 0 Å². The fourth-order valence-electron chi connectivity index (χ4n) is 2.70. The van der Waals surface area contributed by atoms with Gasteiger partial charge in [0, 0.05) is 6.04 Å². The standard InChI is InChI=1S/C12H21NO/c1-9(14)12(10-5-2-3-6-10)13-11-7-4-8-11/h10-13H,2-8H2,1H3. The predicted molar refractivity (Wildman–Crippen MR) is 57.2 cm³/mol. The summed E-state index contributed by atoms with van der Waals surface area (Å²) in [4.78, 5) is 11.5. The molecule has 1 unspecified atom stereocenters. The summed E-state index contributed by atoms with van der Waals surface area (Å²) in [5.74, 6) is 0.983. The Hall–Kier alpha value is -0.370. The first kappa shape index (κ1) is 10.2. The van der Waals surface area contributed by atoms with E-state index < -0.39 is 0 Å². The first-order valence-electron chi connectivity index (χ1n) is 6.04. The Bertz CT molecular complexity index is 204. The molecule has 0 aromatic carbocycles. The molecule has 1 N–H and O–H groups in total. The average Bonchev–Trinajstić information content (AvgIpc) is 2.53. The van der Waals surface area contributed by atoms with Crippen molar-refractivity contribution >= 4 is 5.78 Å². The number of ketones is 1. The molecular weight excluding hydrogens is 174 g/mol. The molecule has 2 aliphatic carbocycles. The minimum atomic E-state index is 0.169. The summed E-state index contributed by atoms with van der Waals surface area (Å²) in [5.41, 5.74) is 0. The maximum atomic E-state index is 11.5. The van der Waals surface area contributed by atoms with Gasteiger partial charge in [-0.1, -0.05) is 19.3 Å². The molecule has 1 atom stereocenters. The summed E-state index contributed by atoms with van der Waals surface area (Å²) in [6.07, 6.45) is 9.04. The zero-order valence-electron chi connectivity index (χ0n) is 9.09. The second-order valence-corrected chi connectivity index (χ2v) is 4.93. The molecule has 0 saturated heterocycles. The Morgan fingerprint density at radius 1 is 1.14 bits per heavy atom. The fourth-order valence-corrected chi connectivity index (χ4v) is 2.70. The molecule has 2 aliphatic rings. The third kappa shape index (κ3) is 2.17. The van der Waals surface area contributed by atoms with E-state index in [0.717, 1.165) is 0 Å². The van der Waals surface area contributed by atoms with E-state index in [1.807, 2.05) is 0 Å². The van der Waals surface area contributed by atoms with Gasteiger partial charge < -0.3 is 5.32 Å². The SMILES string of the molecule is CC(=O)C(NC1CCC1)C1CCCC1. The number of nitrogens with one attached hydrogen (secondary N) is 1. The predicted octanol–water partition coefficient (Wildman–Crippen LogP) is 2.28. The van der Waals surface area contributed by atoms with Crippen LogP contribution in [-0.4, -0.2) is 17.9 Å². The molecule has 0 aliphatic heterocycles. The monoisotopic (exact) mass is 195 g/mol. The molecule has 0 aromatic heterocycles. The number of rotatable bonds is 4. The summed E-state index contributed by atoms with van der Waals surface area (Å²) >= 11 is 0. The molecule has 0 amide bonds. The van der Waals surface area contributed by atoms with Crippen molar-refractivity contribution in [2.24, 2.45) is 5.92 Å². The first-order valence-corrected chi connectivity index (χ1v) is 6.04. The van der Waals surface area contributed by atoms with Crippen molar-refractivity contribution in [1.82, 2.24) is 5.32 Å². The van der Waals surface area contributed by atoms with Gasteiger partial charge in [0.15, 0.2) is 0 Å². The van der Waals surface area contributed by atoms with Gasteiger partial charge >= 0.3 is 0 Å². The average molecular weight is 195 g/mol. The van der Waals surface area contributed by atoms with Crippen molar-refractivity contribution in [1.29, 1.82) is 0 Å². The Morgan fingerprint density at radius 2 is 1.79 bits per heavy atom. The largest absolute Gasteiger partial charge is 0.304 e. The maximum Gasteiger partial charge on any atom is 0.146 e. The smallest absolute Gasteiger partial charge is 0.146 e. The molecule has 0 radical (unpaired) electrons. The van der Waals surface area contributed by atoms with Crippen LogP contribution < -0.4 is 5.32 Å². The number of hydrogen-bond acceptors (Lipinski definition) is 2. The Morgan fingerprint density at radius 3 is 2.21 bits per heavy atom. The van der Waals surface area contributed by atoms with Gasteiger partial charge in [-0.15, -0.1) is 0 Å². The highest BCUT2D eigenvalue weighted by Crippen LogP contribution is 2.30. The molecule has 2 nitrogen and oxygen atoms in total. The lowest BCUT2D eigenvalue weighted by Crippen LogP contribution is -2.49. The van der Waals surface area contributed by atoms with Crippen LogP contribution in [0.4, 0.5) is 0 Å². The molecule has 0 bridgehead atoms. The van der Waals surface area contributed by atoms with Crippen LogP contribution in [0.3, 0.4) is 0 Å². The van der Waals surface area contributed by atoms with Crippen LogP contribution in [-0.2, 0) is 4.79 Å². The highest BCUT2D eigenvalue weighted by atomic mass is 16.1. The number of carbonyl (C=O) groups excluding carboxylic acids is 1. The van der Waals surface area contributed by atoms with E-state index in [-0.39, 0.29) is 6.04 Å². The van der Waals surface area contributed by atoms with Crippen LogP contribution >= 0.6 is 0 Å². The Balaban J connectivity index is 1.88. The van der Waals surface area contributed by atoms with Gasteiger partial charge in [0.25, 0.3) is 0 Å². The molecular formula is C12H21NO. The van der Waals surface area contributed by atoms with Crippen molar-refractivity contribution in [3.8, 4) is 0 Å². The molecule has 2 saturated carbocycles.